The van der Waals surface area contributed by atoms with E-state index in [-0.39, 0.29) is 0 Å². The van der Waals surface area contributed by atoms with Gasteiger partial charge in [-0.25, -0.2) is 0 Å². The number of rotatable bonds is 1. The SMILES string of the molecule is CC(C)N1C(C)CC2CCCC21. The third-order valence-corrected chi connectivity index (χ3v) is 3.75. The smallest absolute Gasteiger partial charge is 0.0130 e. The van der Waals surface area contributed by atoms with Gasteiger partial charge in [0.25, 0.3) is 0 Å². The van der Waals surface area contributed by atoms with Crippen LogP contribution in [0.2, 0.25) is 0 Å². The molecule has 0 radical (unpaired) electrons. The fraction of sp³-hybridized carbons (Fsp3) is 1.00. The summed E-state index contributed by atoms with van der Waals surface area (Å²) in [6, 6.07) is 2.55. The van der Waals surface area contributed by atoms with Crippen LogP contribution in [0.1, 0.15) is 46.5 Å². The van der Waals surface area contributed by atoms with Crippen molar-refractivity contribution in [2.24, 2.45) is 5.92 Å². The summed E-state index contributed by atoms with van der Waals surface area (Å²) in [6.45, 7) is 7.09. The number of hydrogen-bond acceptors (Lipinski definition) is 1. The van der Waals surface area contributed by atoms with Crippen molar-refractivity contribution >= 4 is 0 Å². The highest BCUT2D eigenvalue weighted by Gasteiger charge is 2.42. The summed E-state index contributed by atoms with van der Waals surface area (Å²) >= 11 is 0. The van der Waals surface area contributed by atoms with Gasteiger partial charge < -0.3 is 0 Å². The van der Waals surface area contributed by atoms with E-state index in [4.69, 9.17) is 0 Å². The van der Waals surface area contributed by atoms with Gasteiger partial charge in [0.1, 0.15) is 0 Å². The van der Waals surface area contributed by atoms with E-state index >= 15 is 0 Å². The number of hydrogen-bond donors (Lipinski definition) is 0. The van der Waals surface area contributed by atoms with E-state index in [2.05, 4.69) is 25.7 Å². The summed E-state index contributed by atoms with van der Waals surface area (Å²) in [5.74, 6) is 1.04. The van der Waals surface area contributed by atoms with E-state index in [1.807, 2.05) is 0 Å². The van der Waals surface area contributed by atoms with E-state index in [0.717, 1.165) is 24.0 Å². The van der Waals surface area contributed by atoms with Crippen LogP contribution in [-0.4, -0.2) is 23.0 Å². The van der Waals surface area contributed by atoms with E-state index in [1.165, 1.54) is 25.7 Å². The molecule has 0 N–H and O–H groups in total. The van der Waals surface area contributed by atoms with Gasteiger partial charge in [0.15, 0.2) is 0 Å². The summed E-state index contributed by atoms with van der Waals surface area (Å²) in [4.78, 5) is 2.75. The molecule has 12 heavy (non-hydrogen) atoms. The predicted molar refractivity (Wildman–Crippen MR) is 52.2 cm³/mol. The minimum atomic E-state index is 0.758. The van der Waals surface area contributed by atoms with Crippen LogP contribution in [-0.2, 0) is 0 Å². The molecule has 1 nitrogen and oxygen atoms in total. The molecule has 1 saturated heterocycles. The normalized spacial score (nSPS) is 42.5. The van der Waals surface area contributed by atoms with Crippen molar-refractivity contribution in [3.63, 3.8) is 0 Å². The van der Waals surface area contributed by atoms with Gasteiger partial charge in [-0.1, -0.05) is 6.42 Å². The third kappa shape index (κ3) is 1.19. The maximum atomic E-state index is 2.75. The van der Waals surface area contributed by atoms with Crippen LogP contribution < -0.4 is 0 Å². The molecule has 0 aromatic carbocycles. The van der Waals surface area contributed by atoms with Gasteiger partial charge in [0, 0.05) is 18.1 Å². The molecule has 1 saturated carbocycles. The molecule has 1 aliphatic carbocycles. The monoisotopic (exact) mass is 167 g/mol. The van der Waals surface area contributed by atoms with Gasteiger partial charge in [-0.15, -0.1) is 0 Å². The molecule has 2 aliphatic rings. The van der Waals surface area contributed by atoms with Crippen molar-refractivity contribution in [1.82, 2.24) is 4.90 Å². The van der Waals surface area contributed by atoms with Gasteiger partial charge in [-0.05, 0) is 46.0 Å². The Hall–Kier alpha value is -0.0400. The Balaban J connectivity index is 2.10. The molecule has 1 heteroatoms. The van der Waals surface area contributed by atoms with Crippen molar-refractivity contribution in [2.45, 2.75) is 64.6 Å². The fourth-order valence-electron chi connectivity index (χ4n) is 3.46. The van der Waals surface area contributed by atoms with Crippen LogP contribution in [0.25, 0.3) is 0 Å². The zero-order chi connectivity index (χ0) is 8.72. The molecule has 0 amide bonds. The Morgan fingerprint density at radius 1 is 1.25 bits per heavy atom. The minimum absolute atomic E-state index is 0.758. The Bertz CT molecular complexity index is 164. The molecule has 0 aromatic heterocycles. The van der Waals surface area contributed by atoms with Gasteiger partial charge in [0.05, 0.1) is 0 Å². The van der Waals surface area contributed by atoms with Gasteiger partial charge in [0.2, 0.25) is 0 Å². The molecule has 2 rings (SSSR count). The van der Waals surface area contributed by atoms with Crippen LogP contribution in [0.15, 0.2) is 0 Å². The standard InChI is InChI=1S/C11H21N/c1-8(2)12-9(3)7-10-5-4-6-11(10)12/h8-11H,4-7H2,1-3H3. The molecule has 70 valence electrons. The van der Waals surface area contributed by atoms with E-state index < -0.39 is 0 Å². The second kappa shape index (κ2) is 3.02. The Morgan fingerprint density at radius 2 is 2.00 bits per heavy atom. The molecule has 3 atom stereocenters. The molecule has 1 aliphatic heterocycles. The topological polar surface area (TPSA) is 3.24 Å². The zero-order valence-electron chi connectivity index (χ0n) is 8.59. The molecular formula is C11H21N. The first-order chi connectivity index (χ1) is 5.70. The molecule has 0 aromatic rings. The lowest BCUT2D eigenvalue weighted by atomic mass is 10.0. The average molecular weight is 167 g/mol. The molecular weight excluding hydrogens is 146 g/mol. The number of fused-ring (bicyclic) bond motifs is 1. The van der Waals surface area contributed by atoms with Crippen LogP contribution in [0, 0.1) is 5.92 Å². The fourth-order valence-corrected chi connectivity index (χ4v) is 3.46. The molecule has 2 fully saturated rings. The number of nitrogens with zero attached hydrogens (tertiary/aromatic N) is 1. The lowest BCUT2D eigenvalue weighted by molar-refractivity contribution is 0.151. The van der Waals surface area contributed by atoms with Crippen LogP contribution >= 0.6 is 0 Å². The number of likely N-dealkylation sites (tertiary alicyclic amines) is 1. The van der Waals surface area contributed by atoms with Crippen molar-refractivity contribution in [3.05, 3.63) is 0 Å². The Labute approximate surface area is 76.1 Å². The summed E-state index contributed by atoms with van der Waals surface area (Å²) in [5.41, 5.74) is 0. The quantitative estimate of drug-likeness (QED) is 0.580. The summed E-state index contributed by atoms with van der Waals surface area (Å²) < 4.78 is 0. The highest BCUT2D eigenvalue weighted by atomic mass is 15.2. The van der Waals surface area contributed by atoms with Gasteiger partial charge in [-0.3, -0.25) is 4.90 Å². The van der Waals surface area contributed by atoms with Crippen LogP contribution in [0.5, 0.6) is 0 Å². The van der Waals surface area contributed by atoms with Crippen molar-refractivity contribution in [3.8, 4) is 0 Å². The maximum absolute atomic E-state index is 2.75. The van der Waals surface area contributed by atoms with Crippen LogP contribution in [0.3, 0.4) is 0 Å². The molecule has 3 unspecified atom stereocenters. The Morgan fingerprint density at radius 3 is 2.67 bits per heavy atom. The summed E-state index contributed by atoms with van der Waals surface area (Å²) in [5, 5.41) is 0. The van der Waals surface area contributed by atoms with Gasteiger partial charge >= 0.3 is 0 Å². The summed E-state index contributed by atoms with van der Waals surface area (Å²) in [6.07, 6.45) is 5.90. The zero-order valence-corrected chi connectivity index (χ0v) is 8.59. The van der Waals surface area contributed by atoms with Gasteiger partial charge in [-0.2, -0.15) is 0 Å². The lowest BCUT2D eigenvalue weighted by Crippen LogP contribution is -2.40. The van der Waals surface area contributed by atoms with E-state index in [0.29, 0.717) is 0 Å². The second-order valence-corrected chi connectivity index (χ2v) is 4.88. The maximum Gasteiger partial charge on any atom is 0.0130 e. The van der Waals surface area contributed by atoms with E-state index in [9.17, 15) is 0 Å². The molecule has 0 bridgehead atoms. The molecule has 1 heterocycles. The average Bonchev–Trinajstić information content (AvgIpc) is 2.44. The van der Waals surface area contributed by atoms with E-state index in [1.54, 1.807) is 0 Å². The molecule has 0 spiro atoms. The third-order valence-electron chi connectivity index (χ3n) is 3.75. The van der Waals surface area contributed by atoms with Crippen molar-refractivity contribution in [2.75, 3.05) is 0 Å². The van der Waals surface area contributed by atoms with Crippen molar-refractivity contribution < 1.29 is 0 Å². The highest BCUT2D eigenvalue weighted by molar-refractivity contribution is 4.96. The Kier molecular flexibility index (Phi) is 2.16. The second-order valence-electron chi connectivity index (χ2n) is 4.88. The first kappa shape index (κ1) is 8.55. The minimum Gasteiger partial charge on any atom is -0.295 e. The highest BCUT2D eigenvalue weighted by Crippen LogP contribution is 2.41. The first-order valence-corrected chi connectivity index (χ1v) is 5.47. The van der Waals surface area contributed by atoms with Crippen LogP contribution in [0.4, 0.5) is 0 Å². The summed E-state index contributed by atoms with van der Waals surface area (Å²) in [7, 11) is 0. The van der Waals surface area contributed by atoms with Crippen molar-refractivity contribution in [1.29, 1.82) is 0 Å². The first-order valence-electron chi connectivity index (χ1n) is 5.47. The largest absolute Gasteiger partial charge is 0.295 e. The predicted octanol–water partition coefficient (Wildman–Crippen LogP) is 2.66. The lowest BCUT2D eigenvalue weighted by Gasteiger charge is -2.31.